The third kappa shape index (κ3) is 5.50. The van der Waals surface area contributed by atoms with Gasteiger partial charge in [-0.15, -0.1) is 0 Å². The molecular weight excluding hydrogens is 274 g/mol. The molecule has 0 saturated carbocycles. The standard InChI is InChI=1S/C19H37NO2/c1-3-4-5-6-7-8-9-10-11-12-19(21)13-17-15-22-16-18(14-19)20(17)2/h17-18,21H,3-16H2,1-2H3. The van der Waals surface area contributed by atoms with Gasteiger partial charge in [0.15, 0.2) is 0 Å². The Bertz CT molecular complexity index is 294. The van der Waals surface area contributed by atoms with E-state index in [0.717, 1.165) is 32.5 Å². The fourth-order valence-corrected chi connectivity index (χ4v) is 4.21. The SMILES string of the molecule is CCCCCCCCCCCC1(O)CC2COCC(C1)N2C. The van der Waals surface area contributed by atoms with Gasteiger partial charge in [-0.2, -0.15) is 0 Å². The van der Waals surface area contributed by atoms with Gasteiger partial charge in [0.1, 0.15) is 0 Å². The van der Waals surface area contributed by atoms with Crippen LogP contribution in [0.25, 0.3) is 0 Å². The highest BCUT2D eigenvalue weighted by molar-refractivity contribution is 4.97. The molecule has 2 unspecified atom stereocenters. The van der Waals surface area contributed by atoms with E-state index in [1.165, 1.54) is 57.8 Å². The van der Waals surface area contributed by atoms with Crippen molar-refractivity contribution < 1.29 is 9.84 Å². The number of unbranched alkanes of at least 4 members (excludes halogenated alkanes) is 8. The number of ether oxygens (including phenoxy) is 1. The van der Waals surface area contributed by atoms with E-state index in [4.69, 9.17) is 4.74 Å². The fraction of sp³-hybridized carbons (Fsp3) is 1.00. The van der Waals surface area contributed by atoms with E-state index in [0.29, 0.717) is 12.1 Å². The summed E-state index contributed by atoms with van der Waals surface area (Å²) in [5, 5.41) is 10.9. The summed E-state index contributed by atoms with van der Waals surface area (Å²) in [4.78, 5) is 2.42. The monoisotopic (exact) mass is 311 g/mol. The van der Waals surface area contributed by atoms with Gasteiger partial charge in [-0.3, -0.25) is 4.90 Å². The van der Waals surface area contributed by atoms with Crippen LogP contribution in [0.3, 0.4) is 0 Å². The lowest BCUT2D eigenvalue weighted by atomic mass is 9.78. The zero-order valence-electron chi connectivity index (χ0n) is 14.9. The van der Waals surface area contributed by atoms with Crippen LogP contribution in [0.5, 0.6) is 0 Å². The summed E-state index contributed by atoms with van der Waals surface area (Å²) in [6.07, 6.45) is 14.9. The molecule has 3 nitrogen and oxygen atoms in total. The van der Waals surface area contributed by atoms with E-state index in [1.54, 1.807) is 0 Å². The lowest BCUT2D eigenvalue weighted by Crippen LogP contribution is -2.60. The summed E-state index contributed by atoms with van der Waals surface area (Å²) < 4.78 is 5.65. The Balaban J connectivity index is 1.55. The zero-order valence-corrected chi connectivity index (χ0v) is 14.9. The quantitative estimate of drug-likeness (QED) is 0.616. The van der Waals surface area contributed by atoms with Crippen molar-refractivity contribution in [3.05, 3.63) is 0 Å². The second-order valence-corrected chi connectivity index (χ2v) is 7.72. The van der Waals surface area contributed by atoms with Crippen molar-refractivity contribution in [2.75, 3.05) is 20.3 Å². The van der Waals surface area contributed by atoms with Crippen molar-refractivity contribution >= 4 is 0 Å². The van der Waals surface area contributed by atoms with E-state index in [9.17, 15) is 5.11 Å². The minimum Gasteiger partial charge on any atom is -0.390 e. The normalized spacial score (nSPS) is 32.3. The molecule has 1 N–H and O–H groups in total. The maximum Gasteiger partial charge on any atom is 0.0679 e. The van der Waals surface area contributed by atoms with Gasteiger partial charge < -0.3 is 9.84 Å². The van der Waals surface area contributed by atoms with Gasteiger partial charge in [0, 0.05) is 12.1 Å². The van der Waals surface area contributed by atoms with E-state index in [1.807, 2.05) is 0 Å². The molecule has 2 aliphatic heterocycles. The zero-order chi connectivity index (χ0) is 15.8. The molecule has 2 rings (SSSR count). The Morgan fingerprint density at radius 2 is 1.41 bits per heavy atom. The smallest absolute Gasteiger partial charge is 0.0679 e. The molecule has 0 aromatic carbocycles. The summed E-state index contributed by atoms with van der Waals surface area (Å²) in [7, 11) is 2.19. The Hall–Kier alpha value is -0.120. The minimum atomic E-state index is -0.424. The van der Waals surface area contributed by atoms with Crippen LogP contribution >= 0.6 is 0 Å². The van der Waals surface area contributed by atoms with Crippen LogP contribution in [0.4, 0.5) is 0 Å². The van der Waals surface area contributed by atoms with E-state index < -0.39 is 5.60 Å². The largest absolute Gasteiger partial charge is 0.390 e. The topological polar surface area (TPSA) is 32.7 Å². The van der Waals surface area contributed by atoms with Crippen molar-refractivity contribution in [1.29, 1.82) is 0 Å². The molecule has 3 heteroatoms. The predicted molar refractivity (Wildman–Crippen MR) is 92.2 cm³/mol. The minimum absolute atomic E-state index is 0.424. The highest BCUT2D eigenvalue weighted by Crippen LogP contribution is 2.36. The van der Waals surface area contributed by atoms with Crippen LogP contribution in [-0.2, 0) is 4.74 Å². The summed E-state index contributed by atoms with van der Waals surface area (Å²) in [6.45, 7) is 3.87. The molecule has 0 aliphatic carbocycles. The molecule has 2 bridgehead atoms. The molecule has 130 valence electrons. The molecule has 2 heterocycles. The van der Waals surface area contributed by atoms with Gasteiger partial charge in [0.05, 0.1) is 18.8 Å². The molecule has 0 spiro atoms. The molecule has 22 heavy (non-hydrogen) atoms. The van der Waals surface area contributed by atoms with Crippen molar-refractivity contribution in [2.24, 2.45) is 0 Å². The van der Waals surface area contributed by atoms with Crippen molar-refractivity contribution in [2.45, 2.75) is 102 Å². The first kappa shape index (κ1) is 18.2. The number of hydrogen-bond donors (Lipinski definition) is 1. The van der Waals surface area contributed by atoms with Gasteiger partial charge in [0.2, 0.25) is 0 Å². The number of piperidine rings is 1. The molecule has 2 fully saturated rings. The lowest BCUT2D eigenvalue weighted by molar-refractivity contribution is -0.137. The Labute approximate surface area is 137 Å². The number of nitrogens with zero attached hydrogens (tertiary/aromatic N) is 1. The second-order valence-electron chi connectivity index (χ2n) is 7.72. The Kier molecular flexibility index (Phi) is 7.66. The van der Waals surface area contributed by atoms with Crippen LogP contribution in [0.2, 0.25) is 0 Å². The van der Waals surface area contributed by atoms with Crippen LogP contribution < -0.4 is 0 Å². The van der Waals surface area contributed by atoms with E-state index in [-0.39, 0.29) is 0 Å². The average molecular weight is 312 g/mol. The highest BCUT2D eigenvalue weighted by atomic mass is 16.5. The van der Waals surface area contributed by atoms with Crippen LogP contribution in [-0.4, -0.2) is 48.0 Å². The average Bonchev–Trinajstić information content (AvgIpc) is 2.48. The van der Waals surface area contributed by atoms with E-state index >= 15 is 0 Å². The molecule has 0 aromatic rings. The second kappa shape index (κ2) is 9.24. The number of likely N-dealkylation sites (N-methyl/N-ethyl adjacent to an activating group) is 1. The molecular formula is C19H37NO2. The highest BCUT2D eigenvalue weighted by Gasteiger charge is 2.43. The molecule has 2 atom stereocenters. The number of aliphatic hydroxyl groups is 1. The summed E-state index contributed by atoms with van der Waals surface area (Å²) in [5.41, 5.74) is -0.424. The predicted octanol–water partition coefficient (Wildman–Crippen LogP) is 4.13. The van der Waals surface area contributed by atoms with E-state index in [2.05, 4.69) is 18.9 Å². The third-order valence-electron chi connectivity index (χ3n) is 5.75. The number of morpholine rings is 1. The molecule has 0 aromatic heterocycles. The molecule has 2 aliphatic rings. The number of hydrogen-bond acceptors (Lipinski definition) is 3. The Morgan fingerprint density at radius 3 is 1.95 bits per heavy atom. The molecule has 0 radical (unpaired) electrons. The van der Waals surface area contributed by atoms with Gasteiger partial charge in [0.25, 0.3) is 0 Å². The van der Waals surface area contributed by atoms with Crippen molar-refractivity contribution in [1.82, 2.24) is 4.90 Å². The molecule has 2 saturated heterocycles. The number of rotatable bonds is 10. The van der Waals surface area contributed by atoms with Gasteiger partial charge in [-0.25, -0.2) is 0 Å². The van der Waals surface area contributed by atoms with Gasteiger partial charge in [-0.05, 0) is 26.3 Å². The summed E-state index contributed by atoms with van der Waals surface area (Å²) in [5.74, 6) is 0. The lowest BCUT2D eigenvalue weighted by Gasteiger charge is -2.50. The third-order valence-corrected chi connectivity index (χ3v) is 5.75. The summed E-state index contributed by atoms with van der Waals surface area (Å²) in [6, 6.07) is 0.854. The maximum atomic E-state index is 10.9. The Morgan fingerprint density at radius 1 is 0.909 bits per heavy atom. The van der Waals surface area contributed by atoms with Gasteiger partial charge >= 0.3 is 0 Å². The van der Waals surface area contributed by atoms with Crippen LogP contribution in [0, 0.1) is 0 Å². The molecule has 0 amide bonds. The maximum absolute atomic E-state index is 10.9. The first-order valence-electron chi connectivity index (χ1n) is 9.67. The van der Waals surface area contributed by atoms with Crippen molar-refractivity contribution in [3.63, 3.8) is 0 Å². The summed E-state index contributed by atoms with van der Waals surface area (Å²) >= 11 is 0. The number of fused-ring (bicyclic) bond motifs is 2. The van der Waals surface area contributed by atoms with Crippen LogP contribution in [0.1, 0.15) is 84.0 Å². The fourth-order valence-electron chi connectivity index (χ4n) is 4.21. The van der Waals surface area contributed by atoms with Gasteiger partial charge in [-0.1, -0.05) is 64.7 Å². The van der Waals surface area contributed by atoms with Crippen molar-refractivity contribution in [3.8, 4) is 0 Å². The van der Waals surface area contributed by atoms with Crippen LogP contribution in [0.15, 0.2) is 0 Å². The first-order chi connectivity index (χ1) is 10.6. The first-order valence-corrected chi connectivity index (χ1v) is 9.67.